The van der Waals surface area contributed by atoms with Crippen molar-refractivity contribution in [2.45, 2.75) is 6.92 Å². The molecule has 4 rings (SSSR count). The number of hydrogen-bond donors (Lipinski definition) is 2. The van der Waals surface area contributed by atoms with Crippen LogP contribution in [0.5, 0.6) is 11.5 Å². The van der Waals surface area contributed by atoms with E-state index < -0.39 is 5.63 Å². The summed E-state index contributed by atoms with van der Waals surface area (Å²) in [5, 5.41) is 11.2. The number of rotatable bonds is 3. The van der Waals surface area contributed by atoms with Gasteiger partial charge in [-0.3, -0.25) is 0 Å². The molecular formula is C21H16N2O4S. The fourth-order valence-electron chi connectivity index (χ4n) is 3.04. The van der Waals surface area contributed by atoms with E-state index >= 15 is 0 Å². The van der Waals surface area contributed by atoms with Crippen LogP contribution in [0.1, 0.15) is 5.56 Å². The van der Waals surface area contributed by atoms with Gasteiger partial charge in [-0.15, -0.1) is 0 Å². The minimum absolute atomic E-state index is 0.0151. The standard InChI is InChI=1S/C21H16N2O4S/c1-11-3-8-17-14(9-11)19(24)18(20(25)27-17)16-10-15(22-21(28)23-16)12-4-6-13(26-2)7-5-12/h3-10,24H,1-2H3,(H,22,23,28). The van der Waals surface area contributed by atoms with Gasteiger partial charge in [0.2, 0.25) is 0 Å². The normalized spacial score (nSPS) is 10.9. The van der Waals surface area contributed by atoms with E-state index in [2.05, 4.69) is 9.97 Å². The van der Waals surface area contributed by atoms with Crippen molar-refractivity contribution in [3.8, 4) is 34.0 Å². The lowest BCUT2D eigenvalue weighted by Gasteiger charge is -2.09. The Bertz CT molecular complexity index is 1310. The molecule has 2 heterocycles. The monoisotopic (exact) mass is 392 g/mol. The number of aromatic nitrogens is 2. The highest BCUT2D eigenvalue weighted by molar-refractivity contribution is 7.71. The number of nitrogens with one attached hydrogen (secondary N) is 1. The van der Waals surface area contributed by atoms with Crippen molar-refractivity contribution >= 4 is 23.2 Å². The number of benzene rings is 2. The molecule has 0 bridgehead atoms. The SMILES string of the molecule is COc1ccc(-c2cc(-c3c(O)c4cc(C)ccc4oc3=O)[nH]c(=S)n2)cc1. The van der Waals surface area contributed by atoms with Crippen LogP contribution in [0.25, 0.3) is 33.5 Å². The second-order valence-corrected chi connectivity index (χ2v) is 6.71. The van der Waals surface area contributed by atoms with Crippen molar-refractivity contribution in [3.05, 3.63) is 69.3 Å². The van der Waals surface area contributed by atoms with Crippen LogP contribution in [0.2, 0.25) is 0 Å². The van der Waals surface area contributed by atoms with E-state index in [1.165, 1.54) is 0 Å². The fraction of sp³-hybridized carbons (Fsp3) is 0.0952. The first kappa shape index (κ1) is 17.9. The number of aryl methyl sites for hydroxylation is 1. The molecular weight excluding hydrogens is 376 g/mol. The van der Waals surface area contributed by atoms with Gasteiger partial charge in [-0.1, -0.05) is 11.6 Å². The van der Waals surface area contributed by atoms with E-state index in [1.54, 1.807) is 37.4 Å². The molecule has 0 amide bonds. The number of aromatic hydroxyl groups is 1. The number of ether oxygens (including phenoxy) is 1. The maximum Gasteiger partial charge on any atom is 0.349 e. The van der Waals surface area contributed by atoms with Gasteiger partial charge in [0.1, 0.15) is 22.6 Å². The summed E-state index contributed by atoms with van der Waals surface area (Å²) in [5.41, 5.74) is 2.30. The minimum atomic E-state index is -0.661. The van der Waals surface area contributed by atoms with Gasteiger partial charge < -0.3 is 19.2 Å². The first-order valence-corrected chi connectivity index (χ1v) is 8.89. The molecule has 2 aromatic carbocycles. The van der Waals surface area contributed by atoms with Crippen LogP contribution in [0, 0.1) is 11.7 Å². The number of aromatic amines is 1. The Hall–Kier alpha value is -3.45. The Morgan fingerprint density at radius 3 is 2.61 bits per heavy atom. The molecule has 0 aliphatic rings. The highest BCUT2D eigenvalue weighted by Crippen LogP contribution is 2.33. The van der Waals surface area contributed by atoms with Gasteiger partial charge in [-0.2, -0.15) is 0 Å². The third kappa shape index (κ3) is 3.16. The Labute approximate surface area is 165 Å². The van der Waals surface area contributed by atoms with Crippen LogP contribution in [-0.4, -0.2) is 22.2 Å². The highest BCUT2D eigenvalue weighted by atomic mass is 32.1. The predicted octanol–water partition coefficient (Wildman–Crippen LogP) is 4.60. The topological polar surface area (TPSA) is 88.4 Å². The summed E-state index contributed by atoms with van der Waals surface area (Å²) in [7, 11) is 1.59. The summed E-state index contributed by atoms with van der Waals surface area (Å²) in [6.07, 6.45) is 0. The first-order valence-electron chi connectivity index (χ1n) is 8.49. The molecule has 2 aromatic heterocycles. The molecule has 0 fully saturated rings. The van der Waals surface area contributed by atoms with Gasteiger partial charge in [0.05, 0.1) is 23.9 Å². The molecule has 6 nitrogen and oxygen atoms in total. The average molecular weight is 392 g/mol. The van der Waals surface area contributed by atoms with E-state index in [1.807, 2.05) is 25.1 Å². The third-order valence-electron chi connectivity index (χ3n) is 4.43. The molecule has 0 atom stereocenters. The quantitative estimate of drug-likeness (QED) is 0.391. The van der Waals surface area contributed by atoms with Crippen molar-refractivity contribution in [1.29, 1.82) is 0 Å². The molecule has 140 valence electrons. The zero-order valence-corrected chi connectivity index (χ0v) is 16.0. The van der Waals surface area contributed by atoms with E-state index in [0.29, 0.717) is 28.1 Å². The Morgan fingerprint density at radius 1 is 1.14 bits per heavy atom. The Kier molecular flexibility index (Phi) is 4.44. The highest BCUT2D eigenvalue weighted by Gasteiger charge is 2.18. The molecule has 28 heavy (non-hydrogen) atoms. The zero-order chi connectivity index (χ0) is 19.8. The molecule has 7 heteroatoms. The van der Waals surface area contributed by atoms with Crippen molar-refractivity contribution in [1.82, 2.24) is 9.97 Å². The number of H-pyrrole nitrogens is 1. The summed E-state index contributed by atoms with van der Waals surface area (Å²) in [6, 6.07) is 14.2. The summed E-state index contributed by atoms with van der Waals surface area (Å²) in [6.45, 7) is 1.89. The van der Waals surface area contributed by atoms with E-state index in [4.69, 9.17) is 21.4 Å². The summed E-state index contributed by atoms with van der Waals surface area (Å²) >= 11 is 5.23. The first-order chi connectivity index (χ1) is 13.5. The van der Waals surface area contributed by atoms with Crippen LogP contribution in [0.3, 0.4) is 0 Å². The third-order valence-corrected chi connectivity index (χ3v) is 4.63. The molecule has 0 saturated carbocycles. The van der Waals surface area contributed by atoms with Crippen LogP contribution >= 0.6 is 12.2 Å². The van der Waals surface area contributed by atoms with Crippen LogP contribution in [-0.2, 0) is 0 Å². The van der Waals surface area contributed by atoms with E-state index in [9.17, 15) is 9.90 Å². The van der Waals surface area contributed by atoms with Gasteiger partial charge in [0.25, 0.3) is 0 Å². The zero-order valence-electron chi connectivity index (χ0n) is 15.1. The van der Waals surface area contributed by atoms with E-state index in [0.717, 1.165) is 11.1 Å². The van der Waals surface area contributed by atoms with Crippen molar-refractivity contribution in [2.24, 2.45) is 0 Å². The summed E-state index contributed by atoms with van der Waals surface area (Å²) < 4.78 is 10.7. The predicted molar refractivity (Wildman–Crippen MR) is 109 cm³/mol. The van der Waals surface area contributed by atoms with Crippen LogP contribution in [0.15, 0.2) is 57.7 Å². The lowest BCUT2D eigenvalue weighted by molar-refractivity contribution is 0.415. The van der Waals surface area contributed by atoms with Crippen LogP contribution in [0.4, 0.5) is 0 Å². The molecule has 0 unspecified atom stereocenters. The maximum atomic E-state index is 12.6. The van der Waals surface area contributed by atoms with Crippen LogP contribution < -0.4 is 10.4 Å². The Morgan fingerprint density at radius 2 is 1.89 bits per heavy atom. The molecule has 0 aliphatic carbocycles. The molecule has 2 N–H and O–H groups in total. The van der Waals surface area contributed by atoms with Gasteiger partial charge in [-0.05, 0) is 61.6 Å². The Balaban J connectivity index is 1.93. The molecule has 0 aliphatic heterocycles. The number of nitrogens with zero attached hydrogens (tertiary/aromatic N) is 1. The smallest absolute Gasteiger partial charge is 0.349 e. The van der Waals surface area contributed by atoms with Gasteiger partial charge in [0.15, 0.2) is 4.77 Å². The lowest BCUT2D eigenvalue weighted by Crippen LogP contribution is -2.06. The van der Waals surface area contributed by atoms with Gasteiger partial charge in [0, 0.05) is 5.56 Å². The maximum absolute atomic E-state index is 12.6. The fourth-order valence-corrected chi connectivity index (χ4v) is 3.25. The van der Waals surface area contributed by atoms with Gasteiger partial charge in [-0.25, -0.2) is 9.78 Å². The molecule has 4 aromatic rings. The van der Waals surface area contributed by atoms with Crippen molar-refractivity contribution in [2.75, 3.05) is 7.11 Å². The average Bonchev–Trinajstić information content (AvgIpc) is 2.68. The van der Waals surface area contributed by atoms with E-state index in [-0.39, 0.29) is 16.1 Å². The summed E-state index contributed by atoms with van der Waals surface area (Å²) in [4.78, 5) is 19.8. The van der Waals surface area contributed by atoms with Crippen molar-refractivity contribution in [3.63, 3.8) is 0 Å². The second-order valence-electron chi connectivity index (χ2n) is 6.33. The second kappa shape index (κ2) is 6.94. The largest absolute Gasteiger partial charge is 0.506 e. The van der Waals surface area contributed by atoms with Gasteiger partial charge >= 0.3 is 5.63 Å². The molecule has 0 radical (unpaired) electrons. The lowest BCUT2D eigenvalue weighted by atomic mass is 10.1. The molecule has 0 saturated heterocycles. The molecule has 0 spiro atoms. The minimum Gasteiger partial charge on any atom is -0.506 e. The van der Waals surface area contributed by atoms with Crippen molar-refractivity contribution < 1.29 is 14.3 Å². The number of hydrogen-bond acceptors (Lipinski definition) is 6. The summed E-state index contributed by atoms with van der Waals surface area (Å²) in [5.74, 6) is 0.556. The number of fused-ring (bicyclic) bond motifs is 1. The number of methoxy groups -OCH3 is 1.